The number of aryl methyl sites for hydroxylation is 4. The maximum absolute atomic E-state index is 12.2. The number of imidazole rings is 1. The molecule has 0 bridgehead atoms. The highest BCUT2D eigenvalue weighted by molar-refractivity contribution is 5.98. The smallest absolute Gasteiger partial charge is 0.167 e. The third-order valence-electron chi connectivity index (χ3n) is 3.28. The number of aromatic nitrogens is 4. The van der Waals surface area contributed by atoms with Crippen LogP contribution in [-0.2, 0) is 20.5 Å². The van der Waals surface area contributed by atoms with Crippen LogP contribution >= 0.6 is 0 Å². The Morgan fingerprint density at radius 2 is 2.06 bits per heavy atom. The van der Waals surface area contributed by atoms with Crippen molar-refractivity contribution in [1.29, 1.82) is 0 Å². The van der Waals surface area contributed by atoms with Gasteiger partial charge in [-0.25, -0.2) is 4.98 Å². The Bertz CT molecular complexity index is 580. The van der Waals surface area contributed by atoms with Crippen LogP contribution < -0.4 is 0 Å². The number of hydrogen-bond acceptors (Lipinski definition) is 3. The van der Waals surface area contributed by atoms with Crippen molar-refractivity contribution in [2.75, 3.05) is 0 Å². The summed E-state index contributed by atoms with van der Waals surface area (Å²) in [6.45, 7) is 3.80. The average Bonchev–Trinajstić information content (AvgIpc) is 2.81. The normalized spacial score (nSPS) is 10.9. The van der Waals surface area contributed by atoms with E-state index in [2.05, 4.69) is 10.1 Å². The molecule has 2 rings (SSSR count). The Kier molecular flexibility index (Phi) is 3.32. The maximum atomic E-state index is 12.2. The molecule has 5 nitrogen and oxygen atoms in total. The fourth-order valence-electron chi connectivity index (χ4n) is 2.16. The van der Waals surface area contributed by atoms with Crippen LogP contribution in [0.25, 0.3) is 0 Å². The van der Waals surface area contributed by atoms with E-state index < -0.39 is 0 Å². The van der Waals surface area contributed by atoms with Gasteiger partial charge in [0.15, 0.2) is 5.78 Å². The molecule has 0 unspecified atom stereocenters. The summed E-state index contributed by atoms with van der Waals surface area (Å²) in [5.74, 6) is 1.07. The lowest BCUT2D eigenvalue weighted by atomic mass is 10.0. The topological polar surface area (TPSA) is 52.7 Å². The Morgan fingerprint density at radius 3 is 2.56 bits per heavy atom. The zero-order valence-electron chi connectivity index (χ0n) is 11.3. The highest BCUT2D eigenvalue weighted by atomic mass is 16.1. The third-order valence-corrected chi connectivity index (χ3v) is 3.28. The van der Waals surface area contributed by atoms with E-state index in [-0.39, 0.29) is 5.78 Å². The standard InChI is InChI=1S/C13H18N4O/c1-9-13(10(2)17(4)15-9)11(18)5-6-12-14-7-8-16(12)3/h7-8H,5-6H2,1-4H3. The van der Waals surface area contributed by atoms with Gasteiger partial charge in [-0.3, -0.25) is 9.48 Å². The molecular formula is C13H18N4O. The van der Waals surface area contributed by atoms with Gasteiger partial charge in [-0.1, -0.05) is 0 Å². The summed E-state index contributed by atoms with van der Waals surface area (Å²) in [5.41, 5.74) is 2.49. The maximum Gasteiger partial charge on any atom is 0.167 e. The van der Waals surface area contributed by atoms with Gasteiger partial charge >= 0.3 is 0 Å². The van der Waals surface area contributed by atoms with Crippen molar-refractivity contribution in [3.8, 4) is 0 Å². The molecule has 96 valence electrons. The highest BCUT2D eigenvalue weighted by Crippen LogP contribution is 2.15. The zero-order valence-corrected chi connectivity index (χ0v) is 11.3. The van der Waals surface area contributed by atoms with Gasteiger partial charge in [-0.2, -0.15) is 5.10 Å². The molecule has 18 heavy (non-hydrogen) atoms. The molecule has 0 aromatic carbocycles. The van der Waals surface area contributed by atoms with E-state index in [0.29, 0.717) is 12.8 Å². The van der Waals surface area contributed by atoms with Gasteiger partial charge in [-0.15, -0.1) is 0 Å². The van der Waals surface area contributed by atoms with Crippen molar-refractivity contribution >= 4 is 5.78 Å². The molecule has 0 N–H and O–H groups in total. The lowest BCUT2D eigenvalue weighted by Crippen LogP contribution is -2.07. The van der Waals surface area contributed by atoms with Crippen LogP contribution in [0.5, 0.6) is 0 Å². The molecule has 0 atom stereocenters. The molecule has 0 aliphatic heterocycles. The second-order valence-electron chi connectivity index (χ2n) is 4.55. The number of rotatable bonds is 4. The molecule has 2 aromatic heterocycles. The molecule has 0 fully saturated rings. The average molecular weight is 246 g/mol. The summed E-state index contributed by atoms with van der Waals surface area (Å²) >= 11 is 0. The molecule has 0 amide bonds. The number of ketones is 1. The number of carbonyl (C=O) groups excluding carboxylic acids is 1. The summed E-state index contributed by atoms with van der Waals surface area (Å²) in [6, 6.07) is 0. The van der Waals surface area contributed by atoms with Crippen molar-refractivity contribution in [2.24, 2.45) is 14.1 Å². The minimum absolute atomic E-state index is 0.140. The second-order valence-corrected chi connectivity index (χ2v) is 4.55. The van der Waals surface area contributed by atoms with Gasteiger partial charge in [-0.05, 0) is 13.8 Å². The monoisotopic (exact) mass is 246 g/mol. The largest absolute Gasteiger partial charge is 0.338 e. The number of nitrogens with zero attached hydrogens (tertiary/aromatic N) is 4. The Hall–Kier alpha value is -1.91. The summed E-state index contributed by atoms with van der Waals surface area (Å²) in [6.07, 6.45) is 4.77. The van der Waals surface area contributed by atoms with Crippen molar-refractivity contribution in [3.05, 3.63) is 35.2 Å². The minimum Gasteiger partial charge on any atom is -0.338 e. The summed E-state index contributed by atoms with van der Waals surface area (Å²) < 4.78 is 3.69. The SMILES string of the molecule is Cc1nn(C)c(C)c1C(=O)CCc1nccn1C. The van der Waals surface area contributed by atoms with Crippen LogP contribution in [0.2, 0.25) is 0 Å². The number of carbonyl (C=O) groups is 1. The first-order valence-corrected chi connectivity index (χ1v) is 6.00. The van der Waals surface area contributed by atoms with Crippen molar-refractivity contribution in [2.45, 2.75) is 26.7 Å². The second kappa shape index (κ2) is 4.76. The predicted octanol–water partition coefficient (Wildman–Crippen LogP) is 1.59. The highest BCUT2D eigenvalue weighted by Gasteiger charge is 2.17. The van der Waals surface area contributed by atoms with Crippen LogP contribution in [-0.4, -0.2) is 25.1 Å². The van der Waals surface area contributed by atoms with E-state index >= 15 is 0 Å². The Labute approximate surface area is 106 Å². The van der Waals surface area contributed by atoms with Gasteiger partial charge in [0, 0.05) is 45.0 Å². The van der Waals surface area contributed by atoms with Crippen LogP contribution in [0, 0.1) is 13.8 Å². The molecule has 0 saturated heterocycles. The van der Waals surface area contributed by atoms with Gasteiger partial charge in [0.25, 0.3) is 0 Å². The molecule has 2 aromatic rings. The summed E-state index contributed by atoms with van der Waals surface area (Å²) in [4.78, 5) is 16.4. The molecule has 0 spiro atoms. The summed E-state index contributed by atoms with van der Waals surface area (Å²) in [5, 5.41) is 4.27. The van der Waals surface area contributed by atoms with Crippen LogP contribution in [0.4, 0.5) is 0 Å². The third kappa shape index (κ3) is 2.20. The molecule has 2 heterocycles. The molecule has 0 aliphatic rings. The first-order valence-electron chi connectivity index (χ1n) is 6.00. The van der Waals surface area contributed by atoms with Gasteiger partial charge in [0.1, 0.15) is 5.82 Å². The first-order chi connectivity index (χ1) is 8.50. The first kappa shape index (κ1) is 12.5. The molecule has 0 aliphatic carbocycles. The van der Waals surface area contributed by atoms with Crippen molar-refractivity contribution in [1.82, 2.24) is 19.3 Å². The van der Waals surface area contributed by atoms with Gasteiger partial charge < -0.3 is 4.57 Å². The van der Waals surface area contributed by atoms with E-state index in [9.17, 15) is 4.79 Å². The Balaban J connectivity index is 2.11. The lowest BCUT2D eigenvalue weighted by molar-refractivity contribution is 0.0980. The molecule has 0 saturated carbocycles. The van der Waals surface area contributed by atoms with E-state index in [0.717, 1.165) is 22.8 Å². The van der Waals surface area contributed by atoms with E-state index in [1.165, 1.54) is 0 Å². The molecule has 0 radical (unpaired) electrons. The predicted molar refractivity (Wildman–Crippen MR) is 68.5 cm³/mol. The van der Waals surface area contributed by atoms with Gasteiger partial charge in [0.05, 0.1) is 11.3 Å². The number of Topliss-reactive ketones (excluding diaryl/α,β-unsaturated/α-hetero) is 1. The van der Waals surface area contributed by atoms with Crippen LogP contribution in [0.15, 0.2) is 12.4 Å². The fraction of sp³-hybridized carbons (Fsp3) is 0.462. The lowest BCUT2D eigenvalue weighted by Gasteiger charge is -2.02. The molecule has 5 heteroatoms. The quantitative estimate of drug-likeness (QED) is 0.770. The van der Waals surface area contributed by atoms with E-state index in [1.54, 1.807) is 10.9 Å². The van der Waals surface area contributed by atoms with Crippen LogP contribution in [0.1, 0.15) is 34.0 Å². The summed E-state index contributed by atoms with van der Waals surface area (Å²) in [7, 11) is 3.80. The molecular weight excluding hydrogens is 228 g/mol. The minimum atomic E-state index is 0.140. The van der Waals surface area contributed by atoms with E-state index in [1.807, 2.05) is 38.7 Å². The van der Waals surface area contributed by atoms with Crippen molar-refractivity contribution < 1.29 is 4.79 Å². The zero-order chi connectivity index (χ0) is 13.3. The van der Waals surface area contributed by atoms with Gasteiger partial charge in [0.2, 0.25) is 0 Å². The Morgan fingerprint density at radius 1 is 1.33 bits per heavy atom. The fourth-order valence-corrected chi connectivity index (χ4v) is 2.16. The van der Waals surface area contributed by atoms with Crippen LogP contribution in [0.3, 0.4) is 0 Å². The number of hydrogen-bond donors (Lipinski definition) is 0. The van der Waals surface area contributed by atoms with Crippen molar-refractivity contribution in [3.63, 3.8) is 0 Å². The van der Waals surface area contributed by atoms with E-state index in [4.69, 9.17) is 0 Å².